The van der Waals surface area contributed by atoms with Crippen LogP contribution in [0.15, 0.2) is 29.4 Å². The highest BCUT2D eigenvalue weighted by Crippen LogP contribution is 2.33. The molecule has 0 fully saturated rings. The smallest absolute Gasteiger partial charge is 0.344 e. The Hall–Kier alpha value is -2.52. The van der Waals surface area contributed by atoms with Gasteiger partial charge in [-0.15, -0.1) is 11.3 Å². The van der Waals surface area contributed by atoms with Crippen molar-refractivity contribution in [3.8, 4) is 11.5 Å². The number of aryl methyl sites for hydroxylation is 2. The molecule has 2 aromatic heterocycles. The van der Waals surface area contributed by atoms with Crippen molar-refractivity contribution in [2.75, 3.05) is 31.3 Å². The molecule has 0 spiro atoms. The number of thiophene rings is 1. The van der Waals surface area contributed by atoms with Gasteiger partial charge in [0.2, 0.25) is 0 Å². The maximum atomic E-state index is 11.3. The Morgan fingerprint density at radius 2 is 1.83 bits per heavy atom. The fraction of sp³-hybridized carbons (Fsp3) is 0.350. The average molecular weight is 434 g/mol. The summed E-state index contributed by atoms with van der Waals surface area (Å²) in [5.74, 6) is 2.13. The number of thioether (sulfide) groups is 1. The number of anilines is 1. The van der Waals surface area contributed by atoms with E-state index < -0.39 is 5.97 Å². The van der Waals surface area contributed by atoms with Gasteiger partial charge in [-0.05, 0) is 50.6 Å². The molecule has 0 bridgehead atoms. The largest absolute Gasteiger partial charge is 0.493 e. The third kappa shape index (κ3) is 5.51. The van der Waals surface area contributed by atoms with Crippen LogP contribution in [-0.2, 0) is 9.53 Å². The normalized spacial score (nSPS) is 10.9. The molecule has 9 heteroatoms. The quantitative estimate of drug-likeness (QED) is 0.234. The molecule has 0 aliphatic rings. The van der Waals surface area contributed by atoms with Crippen molar-refractivity contribution in [1.82, 2.24) is 9.97 Å². The van der Waals surface area contributed by atoms with E-state index in [1.807, 2.05) is 6.92 Å². The minimum atomic E-state index is -0.390. The van der Waals surface area contributed by atoms with Gasteiger partial charge in [-0.2, -0.15) is 0 Å². The number of ether oxygens (including phenoxy) is 3. The van der Waals surface area contributed by atoms with Crippen LogP contribution in [0.2, 0.25) is 0 Å². The van der Waals surface area contributed by atoms with E-state index in [1.165, 1.54) is 16.6 Å². The fourth-order valence-corrected chi connectivity index (χ4v) is 4.36. The first-order chi connectivity index (χ1) is 14.0. The van der Waals surface area contributed by atoms with Gasteiger partial charge in [-0.1, -0.05) is 11.8 Å². The number of hydrogen-bond acceptors (Lipinski definition) is 9. The molecule has 0 radical (unpaired) electrons. The molecule has 0 atom stereocenters. The van der Waals surface area contributed by atoms with Crippen molar-refractivity contribution in [3.05, 3.63) is 34.7 Å². The van der Waals surface area contributed by atoms with Crippen LogP contribution in [0.1, 0.15) is 17.4 Å². The lowest BCUT2D eigenvalue weighted by atomic mass is 10.2. The molecule has 0 unspecified atom stereocenters. The standard InChI is InChI=1S/C20H23N3O4S2/c1-4-25-16(24)11-27-15-7-5-14(6-8-15)26-9-10-28-20-22-18(21)17-12(2)13(3)29-19(17)23-20/h5-8H,4,9-11H2,1-3H3,(H2,21,22,23). The maximum absolute atomic E-state index is 11.3. The summed E-state index contributed by atoms with van der Waals surface area (Å²) in [6, 6.07) is 7.09. The SMILES string of the molecule is CCOC(=O)COc1ccc(OCCSc2nc(N)c3c(C)c(C)sc3n2)cc1. The Balaban J connectivity index is 1.47. The summed E-state index contributed by atoms with van der Waals surface area (Å²) < 4.78 is 15.9. The molecule has 7 nitrogen and oxygen atoms in total. The summed E-state index contributed by atoms with van der Waals surface area (Å²) in [4.78, 5) is 22.4. The van der Waals surface area contributed by atoms with Gasteiger partial charge in [0.05, 0.1) is 18.6 Å². The van der Waals surface area contributed by atoms with Crippen LogP contribution in [0.3, 0.4) is 0 Å². The second-order valence-electron chi connectivity index (χ2n) is 6.12. The monoisotopic (exact) mass is 433 g/mol. The van der Waals surface area contributed by atoms with Crippen molar-refractivity contribution >= 4 is 45.1 Å². The summed E-state index contributed by atoms with van der Waals surface area (Å²) in [5, 5.41) is 1.61. The van der Waals surface area contributed by atoms with E-state index in [1.54, 1.807) is 42.5 Å². The first kappa shape index (κ1) is 21.2. The minimum absolute atomic E-state index is 0.110. The molecule has 0 saturated carbocycles. The summed E-state index contributed by atoms with van der Waals surface area (Å²) in [5.41, 5.74) is 7.26. The Morgan fingerprint density at radius 3 is 2.52 bits per heavy atom. The molecule has 1 aromatic carbocycles. The molecule has 29 heavy (non-hydrogen) atoms. The first-order valence-corrected chi connectivity index (χ1v) is 11.0. The van der Waals surface area contributed by atoms with Gasteiger partial charge >= 0.3 is 5.97 Å². The molecule has 2 heterocycles. The number of fused-ring (bicyclic) bond motifs is 1. The number of carbonyl (C=O) groups is 1. The molecule has 0 saturated heterocycles. The highest BCUT2D eigenvalue weighted by atomic mass is 32.2. The molecule has 3 aromatic rings. The zero-order chi connectivity index (χ0) is 20.8. The van der Waals surface area contributed by atoms with Crippen LogP contribution in [0.5, 0.6) is 11.5 Å². The van der Waals surface area contributed by atoms with Crippen molar-refractivity contribution < 1.29 is 19.0 Å². The minimum Gasteiger partial charge on any atom is -0.493 e. The number of nitrogens with zero attached hydrogens (tertiary/aromatic N) is 2. The highest BCUT2D eigenvalue weighted by Gasteiger charge is 2.13. The maximum Gasteiger partial charge on any atom is 0.344 e. The lowest BCUT2D eigenvalue weighted by Gasteiger charge is -2.08. The average Bonchev–Trinajstić information content (AvgIpc) is 2.99. The van der Waals surface area contributed by atoms with Gasteiger partial charge in [-0.25, -0.2) is 14.8 Å². The number of nitrogens with two attached hydrogens (primary N) is 1. The van der Waals surface area contributed by atoms with Gasteiger partial charge in [0, 0.05) is 10.6 Å². The van der Waals surface area contributed by atoms with Gasteiger partial charge in [0.15, 0.2) is 11.8 Å². The predicted molar refractivity (Wildman–Crippen MR) is 116 cm³/mol. The Labute approximate surface area is 177 Å². The fourth-order valence-electron chi connectivity index (χ4n) is 2.59. The number of esters is 1. The molecule has 0 aliphatic heterocycles. The van der Waals surface area contributed by atoms with Gasteiger partial charge in [-0.3, -0.25) is 0 Å². The Kier molecular flexibility index (Phi) is 7.16. The molecule has 2 N–H and O–H groups in total. The number of nitrogen functional groups attached to an aromatic ring is 1. The van der Waals surface area contributed by atoms with Gasteiger partial charge < -0.3 is 19.9 Å². The van der Waals surface area contributed by atoms with E-state index in [0.29, 0.717) is 35.7 Å². The van der Waals surface area contributed by atoms with E-state index in [-0.39, 0.29) is 6.61 Å². The molecular formula is C20H23N3O4S2. The second kappa shape index (κ2) is 9.80. The summed E-state index contributed by atoms with van der Waals surface area (Å²) in [6.07, 6.45) is 0. The molecule has 154 valence electrons. The second-order valence-corrected chi connectivity index (χ2v) is 8.38. The number of benzene rings is 1. The van der Waals surface area contributed by atoms with Crippen molar-refractivity contribution in [2.24, 2.45) is 0 Å². The van der Waals surface area contributed by atoms with E-state index in [9.17, 15) is 4.79 Å². The van der Waals surface area contributed by atoms with Crippen molar-refractivity contribution in [1.29, 1.82) is 0 Å². The lowest BCUT2D eigenvalue weighted by molar-refractivity contribution is -0.145. The number of rotatable bonds is 9. The third-order valence-corrected chi connectivity index (χ3v) is 6.02. The van der Waals surface area contributed by atoms with E-state index in [2.05, 4.69) is 16.9 Å². The molecule has 0 aliphatic carbocycles. The molecule has 3 rings (SSSR count). The van der Waals surface area contributed by atoms with Crippen LogP contribution in [0.4, 0.5) is 5.82 Å². The van der Waals surface area contributed by atoms with E-state index in [4.69, 9.17) is 19.9 Å². The highest BCUT2D eigenvalue weighted by molar-refractivity contribution is 7.99. The number of aromatic nitrogens is 2. The van der Waals surface area contributed by atoms with Crippen molar-refractivity contribution in [3.63, 3.8) is 0 Å². The van der Waals surface area contributed by atoms with Crippen LogP contribution in [0, 0.1) is 13.8 Å². The van der Waals surface area contributed by atoms with Crippen LogP contribution >= 0.6 is 23.1 Å². The number of hydrogen-bond donors (Lipinski definition) is 1. The van der Waals surface area contributed by atoms with Crippen molar-refractivity contribution in [2.45, 2.75) is 25.9 Å². The van der Waals surface area contributed by atoms with Gasteiger partial charge in [0.1, 0.15) is 22.1 Å². The zero-order valence-electron chi connectivity index (χ0n) is 16.6. The predicted octanol–water partition coefficient (Wildman–Crippen LogP) is 4.00. The third-order valence-electron chi connectivity index (χ3n) is 4.11. The summed E-state index contributed by atoms with van der Waals surface area (Å²) in [7, 11) is 0. The van der Waals surface area contributed by atoms with Crippen LogP contribution in [-0.4, -0.2) is 41.5 Å². The molecule has 0 amide bonds. The van der Waals surface area contributed by atoms with Gasteiger partial charge in [0.25, 0.3) is 0 Å². The van der Waals surface area contributed by atoms with E-state index >= 15 is 0 Å². The van der Waals surface area contributed by atoms with Crippen LogP contribution < -0.4 is 15.2 Å². The summed E-state index contributed by atoms with van der Waals surface area (Å²) >= 11 is 3.14. The first-order valence-electron chi connectivity index (χ1n) is 9.15. The summed E-state index contributed by atoms with van der Waals surface area (Å²) in [6.45, 7) is 6.59. The Morgan fingerprint density at radius 1 is 1.14 bits per heavy atom. The Bertz CT molecular complexity index is 990. The molecular weight excluding hydrogens is 410 g/mol. The topological polar surface area (TPSA) is 96.6 Å². The lowest BCUT2D eigenvalue weighted by Crippen LogP contribution is -2.14. The zero-order valence-corrected chi connectivity index (χ0v) is 18.2. The number of carbonyl (C=O) groups excluding carboxylic acids is 1. The van der Waals surface area contributed by atoms with Crippen LogP contribution in [0.25, 0.3) is 10.2 Å². The van der Waals surface area contributed by atoms with E-state index in [0.717, 1.165) is 21.5 Å².